The summed E-state index contributed by atoms with van der Waals surface area (Å²) in [4.78, 5) is 0. The lowest BCUT2D eigenvalue weighted by Crippen LogP contribution is -2.23. The second-order valence-electron chi connectivity index (χ2n) is 5.30. The maximum Gasteiger partial charge on any atom is 0.123 e. The highest BCUT2D eigenvalue weighted by Gasteiger charge is 2.16. The summed E-state index contributed by atoms with van der Waals surface area (Å²) in [6.45, 7) is 5.96. The Morgan fingerprint density at radius 2 is 1.95 bits per heavy atom. The Hall–Kier alpha value is -1.19. The van der Waals surface area contributed by atoms with Gasteiger partial charge in [0.25, 0.3) is 0 Å². The van der Waals surface area contributed by atoms with Crippen molar-refractivity contribution in [3.05, 3.63) is 69.4 Å². The van der Waals surface area contributed by atoms with E-state index in [-0.39, 0.29) is 5.82 Å². The first-order chi connectivity index (χ1) is 10.1. The molecule has 0 saturated heterocycles. The monoisotopic (exact) mass is 349 g/mol. The Labute approximate surface area is 134 Å². The van der Waals surface area contributed by atoms with Gasteiger partial charge in [-0.3, -0.25) is 0 Å². The molecule has 1 N–H and O–H groups in total. The predicted molar refractivity (Wildman–Crippen MR) is 90.3 cm³/mol. The molecule has 0 aromatic heterocycles. The van der Waals surface area contributed by atoms with Crippen LogP contribution in [0.2, 0.25) is 0 Å². The van der Waals surface area contributed by atoms with E-state index < -0.39 is 0 Å². The molecule has 0 heterocycles. The average molecular weight is 350 g/mol. The highest BCUT2D eigenvalue weighted by molar-refractivity contribution is 9.10. The number of benzene rings is 2. The van der Waals surface area contributed by atoms with Crippen LogP contribution >= 0.6 is 15.9 Å². The lowest BCUT2D eigenvalue weighted by atomic mass is 9.90. The molecule has 0 radical (unpaired) electrons. The third-order valence-electron chi connectivity index (χ3n) is 3.76. The van der Waals surface area contributed by atoms with E-state index >= 15 is 0 Å². The minimum Gasteiger partial charge on any atom is -0.316 e. The average Bonchev–Trinajstić information content (AvgIpc) is 2.48. The van der Waals surface area contributed by atoms with Gasteiger partial charge in [0.15, 0.2) is 0 Å². The van der Waals surface area contributed by atoms with Gasteiger partial charge in [-0.2, -0.15) is 0 Å². The van der Waals surface area contributed by atoms with E-state index in [0.29, 0.717) is 5.92 Å². The number of halogens is 2. The molecule has 0 fully saturated rings. The van der Waals surface area contributed by atoms with Gasteiger partial charge in [-0.15, -0.1) is 0 Å². The number of hydrogen-bond acceptors (Lipinski definition) is 1. The molecule has 0 saturated carbocycles. The van der Waals surface area contributed by atoms with Crippen LogP contribution in [0.25, 0.3) is 0 Å². The Kier molecular flexibility index (Phi) is 5.95. The van der Waals surface area contributed by atoms with E-state index in [0.717, 1.165) is 35.1 Å². The second-order valence-corrected chi connectivity index (χ2v) is 6.16. The summed E-state index contributed by atoms with van der Waals surface area (Å²) in [5.74, 6) is 0.158. The topological polar surface area (TPSA) is 12.0 Å². The largest absolute Gasteiger partial charge is 0.316 e. The van der Waals surface area contributed by atoms with Gasteiger partial charge in [-0.05, 0) is 54.8 Å². The second kappa shape index (κ2) is 7.71. The van der Waals surface area contributed by atoms with Crippen LogP contribution in [-0.4, -0.2) is 13.1 Å². The van der Waals surface area contributed by atoms with Crippen molar-refractivity contribution in [2.24, 2.45) is 0 Å². The summed E-state index contributed by atoms with van der Waals surface area (Å²) in [7, 11) is 0. The predicted octanol–water partition coefficient (Wildman–Crippen LogP) is 4.83. The summed E-state index contributed by atoms with van der Waals surface area (Å²) >= 11 is 3.63. The van der Waals surface area contributed by atoms with Gasteiger partial charge >= 0.3 is 0 Å². The lowest BCUT2D eigenvalue weighted by Gasteiger charge is -2.20. The highest BCUT2D eigenvalue weighted by atomic mass is 79.9. The molecule has 0 spiro atoms. The van der Waals surface area contributed by atoms with Crippen molar-refractivity contribution in [3.8, 4) is 0 Å². The Balaban J connectivity index is 2.28. The Bertz CT molecular complexity index is 598. The first kappa shape index (κ1) is 16.2. The first-order valence-corrected chi connectivity index (χ1v) is 8.11. The normalized spacial score (nSPS) is 12.4. The molecule has 112 valence electrons. The van der Waals surface area contributed by atoms with Gasteiger partial charge in [0.1, 0.15) is 5.82 Å². The first-order valence-electron chi connectivity index (χ1n) is 7.32. The van der Waals surface area contributed by atoms with Crippen molar-refractivity contribution in [2.75, 3.05) is 13.1 Å². The van der Waals surface area contributed by atoms with E-state index in [1.165, 1.54) is 11.6 Å². The molecular weight excluding hydrogens is 329 g/mol. The molecule has 0 aliphatic heterocycles. The maximum atomic E-state index is 13.5. The van der Waals surface area contributed by atoms with Crippen LogP contribution < -0.4 is 5.32 Å². The standard InChI is InChI=1S/C18H21BrFN/c1-3-21-12-15(17-6-4-5-7-18(17)19)10-14-11-16(20)9-8-13(14)2/h4-9,11,15,21H,3,10,12H2,1-2H3. The van der Waals surface area contributed by atoms with Crippen molar-refractivity contribution >= 4 is 15.9 Å². The summed E-state index contributed by atoms with van der Waals surface area (Å²) in [5, 5.41) is 3.41. The zero-order valence-corrected chi connectivity index (χ0v) is 14.1. The molecule has 0 aliphatic carbocycles. The van der Waals surface area contributed by atoms with Crippen molar-refractivity contribution in [2.45, 2.75) is 26.2 Å². The molecule has 3 heteroatoms. The molecule has 0 aliphatic rings. The summed E-state index contributed by atoms with van der Waals surface area (Å²) in [5.41, 5.74) is 3.49. The Morgan fingerprint density at radius 3 is 2.67 bits per heavy atom. The molecule has 0 bridgehead atoms. The molecule has 0 amide bonds. The maximum absolute atomic E-state index is 13.5. The van der Waals surface area contributed by atoms with Crippen LogP contribution in [0.3, 0.4) is 0 Å². The fourth-order valence-electron chi connectivity index (χ4n) is 2.54. The van der Waals surface area contributed by atoms with Crippen LogP contribution in [0.15, 0.2) is 46.9 Å². The van der Waals surface area contributed by atoms with Crippen molar-refractivity contribution in [3.63, 3.8) is 0 Å². The zero-order valence-electron chi connectivity index (χ0n) is 12.5. The fraction of sp³-hybridized carbons (Fsp3) is 0.333. The minimum atomic E-state index is -0.162. The molecule has 2 aromatic carbocycles. The van der Waals surface area contributed by atoms with Gasteiger partial charge < -0.3 is 5.32 Å². The van der Waals surface area contributed by atoms with E-state index in [1.54, 1.807) is 6.07 Å². The molecule has 2 aromatic rings. The fourth-order valence-corrected chi connectivity index (χ4v) is 3.15. The van der Waals surface area contributed by atoms with Gasteiger partial charge in [0.05, 0.1) is 0 Å². The quantitative estimate of drug-likeness (QED) is 0.787. The number of likely N-dealkylation sites (N-methyl/N-ethyl adjacent to an activating group) is 1. The molecule has 1 nitrogen and oxygen atoms in total. The van der Waals surface area contributed by atoms with E-state index in [4.69, 9.17) is 0 Å². The summed E-state index contributed by atoms with van der Waals surface area (Å²) in [6, 6.07) is 13.3. The van der Waals surface area contributed by atoms with E-state index in [1.807, 2.05) is 19.1 Å². The van der Waals surface area contributed by atoms with Crippen LogP contribution in [0.1, 0.15) is 29.5 Å². The van der Waals surface area contributed by atoms with Gasteiger partial charge in [-0.25, -0.2) is 4.39 Å². The van der Waals surface area contributed by atoms with Crippen molar-refractivity contribution < 1.29 is 4.39 Å². The molecule has 21 heavy (non-hydrogen) atoms. The third-order valence-corrected chi connectivity index (χ3v) is 4.49. The third kappa shape index (κ3) is 4.39. The van der Waals surface area contributed by atoms with Crippen molar-refractivity contribution in [1.82, 2.24) is 5.32 Å². The number of nitrogens with one attached hydrogen (secondary N) is 1. The van der Waals surface area contributed by atoms with Gasteiger partial charge in [0, 0.05) is 16.9 Å². The number of hydrogen-bond donors (Lipinski definition) is 1. The van der Waals surface area contributed by atoms with Crippen LogP contribution in [-0.2, 0) is 6.42 Å². The zero-order chi connectivity index (χ0) is 15.2. The van der Waals surface area contributed by atoms with E-state index in [9.17, 15) is 4.39 Å². The molecule has 1 atom stereocenters. The SMILES string of the molecule is CCNCC(Cc1cc(F)ccc1C)c1ccccc1Br. The summed E-state index contributed by atoms with van der Waals surface area (Å²) < 4.78 is 14.6. The molecular formula is C18H21BrFN. The van der Waals surface area contributed by atoms with Gasteiger partial charge in [-0.1, -0.05) is 47.1 Å². The molecule has 1 unspecified atom stereocenters. The summed E-state index contributed by atoms with van der Waals surface area (Å²) in [6.07, 6.45) is 0.833. The lowest BCUT2D eigenvalue weighted by molar-refractivity contribution is 0.585. The van der Waals surface area contributed by atoms with Crippen LogP contribution in [0.5, 0.6) is 0 Å². The van der Waals surface area contributed by atoms with Crippen LogP contribution in [0, 0.1) is 12.7 Å². The Morgan fingerprint density at radius 1 is 1.19 bits per heavy atom. The molecule has 2 rings (SSSR count). The number of rotatable bonds is 6. The number of aryl methyl sites for hydroxylation is 1. The van der Waals surface area contributed by atoms with Crippen LogP contribution in [0.4, 0.5) is 4.39 Å². The van der Waals surface area contributed by atoms with E-state index in [2.05, 4.69) is 46.4 Å². The smallest absolute Gasteiger partial charge is 0.123 e. The van der Waals surface area contributed by atoms with Crippen molar-refractivity contribution in [1.29, 1.82) is 0 Å². The minimum absolute atomic E-state index is 0.162. The van der Waals surface area contributed by atoms with Gasteiger partial charge in [0.2, 0.25) is 0 Å². The highest BCUT2D eigenvalue weighted by Crippen LogP contribution is 2.28.